The lowest BCUT2D eigenvalue weighted by Gasteiger charge is -2.18. The van der Waals surface area contributed by atoms with Crippen molar-refractivity contribution in [3.8, 4) is 17.2 Å². The number of carbonyl (C=O) groups excluding carboxylic acids is 1. The van der Waals surface area contributed by atoms with E-state index in [0.717, 1.165) is 0 Å². The molecule has 2 aromatic rings. The number of para-hydroxylation sites is 1. The first-order valence-corrected chi connectivity index (χ1v) is 6.00. The highest BCUT2D eigenvalue weighted by molar-refractivity contribution is 5.91. The second-order valence-corrected chi connectivity index (χ2v) is 4.06. The van der Waals surface area contributed by atoms with E-state index in [1.807, 2.05) is 18.2 Å². The molecular formula is C15H12O4. The normalized spacial score (nSPS) is 12.8. The monoisotopic (exact) mass is 256 g/mol. The molecule has 0 amide bonds. The van der Waals surface area contributed by atoms with Gasteiger partial charge in [0.25, 0.3) is 0 Å². The molecule has 0 N–H and O–H groups in total. The van der Waals surface area contributed by atoms with E-state index >= 15 is 0 Å². The van der Waals surface area contributed by atoms with Gasteiger partial charge in [0, 0.05) is 0 Å². The zero-order valence-electron chi connectivity index (χ0n) is 10.2. The maximum absolute atomic E-state index is 12.0. The summed E-state index contributed by atoms with van der Waals surface area (Å²) in [5.41, 5.74) is 0.438. The maximum atomic E-state index is 12.0. The van der Waals surface area contributed by atoms with Gasteiger partial charge < -0.3 is 14.2 Å². The van der Waals surface area contributed by atoms with Crippen molar-refractivity contribution in [1.82, 2.24) is 0 Å². The first-order chi connectivity index (χ1) is 9.33. The Balaban J connectivity index is 1.80. The molecule has 4 heteroatoms. The van der Waals surface area contributed by atoms with Crippen LogP contribution in [0.25, 0.3) is 0 Å². The van der Waals surface area contributed by atoms with E-state index in [1.54, 1.807) is 30.3 Å². The largest absolute Gasteiger partial charge is 0.486 e. The fourth-order valence-corrected chi connectivity index (χ4v) is 1.82. The van der Waals surface area contributed by atoms with Crippen molar-refractivity contribution >= 4 is 5.97 Å². The van der Waals surface area contributed by atoms with E-state index in [9.17, 15) is 4.79 Å². The molecule has 0 aromatic heterocycles. The Kier molecular flexibility index (Phi) is 3.06. The van der Waals surface area contributed by atoms with Gasteiger partial charge in [0.2, 0.25) is 0 Å². The molecule has 3 rings (SSSR count). The van der Waals surface area contributed by atoms with E-state index < -0.39 is 5.97 Å². The van der Waals surface area contributed by atoms with Crippen LogP contribution in [0.15, 0.2) is 48.5 Å². The van der Waals surface area contributed by atoms with Crippen LogP contribution >= 0.6 is 0 Å². The Morgan fingerprint density at radius 1 is 0.947 bits per heavy atom. The molecule has 4 nitrogen and oxygen atoms in total. The van der Waals surface area contributed by atoms with Crippen molar-refractivity contribution in [2.45, 2.75) is 0 Å². The van der Waals surface area contributed by atoms with Crippen LogP contribution in [0.4, 0.5) is 0 Å². The molecule has 0 saturated carbocycles. The van der Waals surface area contributed by atoms with E-state index in [0.29, 0.717) is 36.0 Å². The van der Waals surface area contributed by atoms with Crippen molar-refractivity contribution in [1.29, 1.82) is 0 Å². The highest BCUT2D eigenvalue weighted by Gasteiger charge is 2.16. The van der Waals surface area contributed by atoms with Gasteiger partial charge in [0.05, 0.1) is 5.56 Å². The molecule has 2 aromatic carbocycles. The van der Waals surface area contributed by atoms with Gasteiger partial charge in [-0.05, 0) is 30.3 Å². The summed E-state index contributed by atoms with van der Waals surface area (Å²) < 4.78 is 16.1. The molecule has 0 radical (unpaired) electrons. The zero-order valence-corrected chi connectivity index (χ0v) is 10.2. The van der Waals surface area contributed by atoms with E-state index in [-0.39, 0.29) is 0 Å². The predicted octanol–water partition coefficient (Wildman–Crippen LogP) is 2.68. The maximum Gasteiger partial charge on any atom is 0.343 e. The van der Waals surface area contributed by atoms with Crippen LogP contribution in [0, 0.1) is 0 Å². The Morgan fingerprint density at radius 2 is 1.68 bits per heavy atom. The van der Waals surface area contributed by atoms with Crippen molar-refractivity contribution < 1.29 is 19.0 Å². The minimum absolute atomic E-state index is 0.414. The van der Waals surface area contributed by atoms with Gasteiger partial charge in [-0.15, -0.1) is 0 Å². The Labute approximate surface area is 110 Å². The molecule has 0 atom stereocenters. The number of esters is 1. The number of hydrogen-bond acceptors (Lipinski definition) is 4. The number of carbonyl (C=O) groups is 1. The Morgan fingerprint density at radius 3 is 2.47 bits per heavy atom. The van der Waals surface area contributed by atoms with Gasteiger partial charge in [0.15, 0.2) is 11.5 Å². The highest BCUT2D eigenvalue weighted by Crippen LogP contribution is 2.31. The molecule has 0 bridgehead atoms. The third kappa shape index (κ3) is 2.52. The average molecular weight is 256 g/mol. The van der Waals surface area contributed by atoms with Crippen molar-refractivity contribution in [3.05, 3.63) is 54.1 Å². The van der Waals surface area contributed by atoms with Gasteiger partial charge in [-0.25, -0.2) is 4.79 Å². The summed E-state index contributed by atoms with van der Waals surface area (Å²) in [6, 6.07) is 14.0. The smallest absolute Gasteiger partial charge is 0.343 e. The quantitative estimate of drug-likeness (QED) is 0.612. The molecule has 0 spiro atoms. The van der Waals surface area contributed by atoms with Gasteiger partial charge in [-0.3, -0.25) is 0 Å². The summed E-state index contributed by atoms with van der Waals surface area (Å²) in [7, 11) is 0. The molecule has 1 heterocycles. The van der Waals surface area contributed by atoms with Gasteiger partial charge in [-0.2, -0.15) is 0 Å². The van der Waals surface area contributed by atoms with Crippen LogP contribution in [0.2, 0.25) is 0 Å². The zero-order chi connectivity index (χ0) is 13.1. The predicted molar refractivity (Wildman–Crippen MR) is 68.8 cm³/mol. The summed E-state index contributed by atoms with van der Waals surface area (Å²) in [5, 5.41) is 0. The number of fused-ring (bicyclic) bond motifs is 1. The lowest BCUT2D eigenvalue weighted by molar-refractivity contribution is 0.0733. The molecule has 1 aliphatic heterocycles. The SMILES string of the molecule is O=C(Oc1ccccc1)c1ccc2c(c1)OCCO2. The standard InChI is InChI=1S/C15H12O4/c16-15(19-12-4-2-1-3-5-12)11-6-7-13-14(10-11)18-9-8-17-13/h1-7,10H,8-9H2. The summed E-state index contributed by atoms with van der Waals surface area (Å²) in [6.07, 6.45) is 0. The summed E-state index contributed by atoms with van der Waals surface area (Å²) >= 11 is 0. The molecule has 0 aliphatic carbocycles. The van der Waals surface area contributed by atoms with Crippen LogP contribution in [0.5, 0.6) is 17.2 Å². The second kappa shape index (κ2) is 5.02. The topological polar surface area (TPSA) is 44.8 Å². The molecule has 1 aliphatic rings. The van der Waals surface area contributed by atoms with Crippen molar-refractivity contribution in [3.63, 3.8) is 0 Å². The number of rotatable bonds is 2. The fraction of sp³-hybridized carbons (Fsp3) is 0.133. The van der Waals surface area contributed by atoms with Gasteiger partial charge in [0.1, 0.15) is 19.0 Å². The number of ether oxygens (including phenoxy) is 3. The summed E-state index contributed by atoms with van der Waals surface area (Å²) in [6.45, 7) is 1.02. The van der Waals surface area contributed by atoms with Gasteiger partial charge in [-0.1, -0.05) is 18.2 Å². The van der Waals surface area contributed by atoms with Crippen molar-refractivity contribution in [2.75, 3.05) is 13.2 Å². The molecule has 19 heavy (non-hydrogen) atoms. The Hall–Kier alpha value is -2.49. The Bertz CT molecular complexity index is 592. The second-order valence-electron chi connectivity index (χ2n) is 4.06. The third-order valence-corrected chi connectivity index (χ3v) is 2.73. The lowest BCUT2D eigenvalue weighted by atomic mass is 10.2. The highest BCUT2D eigenvalue weighted by atomic mass is 16.6. The fourth-order valence-electron chi connectivity index (χ4n) is 1.82. The lowest BCUT2D eigenvalue weighted by Crippen LogP contribution is -2.16. The average Bonchev–Trinajstić information content (AvgIpc) is 2.48. The van der Waals surface area contributed by atoms with Crippen LogP contribution in [-0.4, -0.2) is 19.2 Å². The summed E-state index contributed by atoms with van der Waals surface area (Å²) in [4.78, 5) is 12.0. The van der Waals surface area contributed by atoms with Crippen molar-refractivity contribution in [2.24, 2.45) is 0 Å². The van der Waals surface area contributed by atoms with E-state index in [2.05, 4.69) is 0 Å². The first kappa shape index (κ1) is 11.6. The van der Waals surface area contributed by atoms with Crippen LogP contribution in [-0.2, 0) is 0 Å². The molecular weight excluding hydrogens is 244 g/mol. The number of benzene rings is 2. The minimum atomic E-state index is -0.414. The number of hydrogen-bond donors (Lipinski definition) is 0. The summed E-state index contributed by atoms with van der Waals surface area (Å²) in [5.74, 6) is 1.34. The van der Waals surface area contributed by atoms with Crippen LogP contribution < -0.4 is 14.2 Å². The molecule has 0 unspecified atom stereocenters. The van der Waals surface area contributed by atoms with Crippen LogP contribution in [0.3, 0.4) is 0 Å². The minimum Gasteiger partial charge on any atom is -0.486 e. The molecule has 96 valence electrons. The first-order valence-electron chi connectivity index (χ1n) is 6.00. The molecule has 0 saturated heterocycles. The van der Waals surface area contributed by atoms with Gasteiger partial charge >= 0.3 is 5.97 Å². The third-order valence-electron chi connectivity index (χ3n) is 2.73. The molecule has 0 fully saturated rings. The van der Waals surface area contributed by atoms with E-state index in [1.165, 1.54) is 0 Å². The van der Waals surface area contributed by atoms with Crippen LogP contribution in [0.1, 0.15) is 10.4 Å². The van der Waals surface area contributed by atoms with E-state index in [4.69, 9.17) is 14.2 Å².